The number of hydrogen-bond acceptors (Lipinski definition) is 5. The quantitative estimate of drug-likeness (QED) is 0.603. The Bertz CT molecular complexity index is 422. The lowest BCUT2D eigenvalue weighted by Crippen LogP contribution is -2.29. The van der Waals surface area contributed by atoms with Crippen LogP contribution in [0.4, 0.5) is 0 Å². The predicted molar refractivity (Wildman–Crippen MR) is 68.8 cm³/mol. The Morgan fingerprint density at radius 3 is 2.10 bits per heavy atom. The van der Waals surface area contributed by atoms with Crippen LogP contribution < -0.4 is 14.9 Å². The number of unbranched alkanes of at least 4 members (excludes halogenated alkanes) is 1. The van der Waals surface area contributed by atoms with Crippen LogP contribution in [0.15, 0.2) is 24.3 Å². The van der Waals surface area contributed by atoms with Crippen molar-refractivity contribution in [1.82, 2.24) is 0 Å². The molecule has 0 atom stereocenters. The van der Waals surface area contributed by atoms with Crippen LogP contribution in [0.25, 0.3) is 0 Å². The first-order chi connectivity index (χ1) is 9.52. The van der Waals surface area contributed by atoms with Crippen molar-refractivity contribution in [3.8, 4) is 5.75 Å². The van der Waals surface area contributed by atoms with Gasteiger partial charge in [-0.2, -0.15) is 0 Å². The molecule has 0 bridgehead atoms. The van der Waals surface area contributed by atoms with E-state index >= 15 is 0 Å². The fourth-order valence-electron chi connectivity index (χ4n) is 1.88. The van der Waals surface area contributed by atoms with Gasteiger partial charge in [-0.1, -0.05) is 25.5 Å². The first-order valence-corrected chi connectivity index (χ1v) is 6.65. The summed E-state index contributed by atoms with van der Waals surface area (Å²) in [5.41, 5.74) is 0.626. The lowest BCUT2D eigenvalue weighted by molar-refractivity contribution is -0.308. The highest BCUT2D eigenvalue weighted by Crippen LogP contribution is 2.25. The molecule has 0 aliphatic heterocycles. The zero-order valence-electron chi connectivity index (χ0n) is 11.5. The molecule has 1 aromatic rings. The smallest absolute Gasteiger partial charge is 0.119 e. The number of benzene rings is 1. The van der Waals surface area contributed by atoms with Crippen LogP contribution in [0.2, 0.25) is 0 Å². The molecule has 0 saturated carbocycles. The van der Waals surface area contributed by atoms with Gasteiger partial charge in [0.2, 0.25) is 0 Å². The van der Waals surface area contributed by atoms with E-state index in [1.54, 1.807) is 24.3 Å². The highest BCUT2D eigenvalue weighted by molar-refractivity contribution is 5.70. The molecule has 20 heavy (non-hydrogen) atoms. The number of rotatable bonds is 9. The molecule has 0 N–H and O–H groups in total. The predicted octanol–water partition coefficient (Wildman–Crippen LogP) is 0.229. The van der Waals surface area contributed by atoms with Gasteiger partial charge in [0.1, 0.15) is 5.75 Å². The minimum absolute atomic E-state index is 0.343. The summed E-state index contributed by atoms with van der Waals surface area (Å²) >= 11 is 0. The largest absolute Gasteiger partial charge is 0.550 e. The Hall–Kier alpha value is -2.04. The third-order valence-electron chi connectivity index (χ3n) is 2.94. The van der Waals surface area contributed by atoms with Gasteiger partial charge in [-0.25, -0.2) is 0 Å². The van der Waals surface area contributed by atoms with Crippen LogP contribution in [0.3, 0.4) is 0 Å². The maximum absolute atomic E-state index is 10.7. The summed E-state index contributed by atoms with van der Waals surface area (Å²) < 4.78 is 5.49. The van der Waals surface area contributed by atoms with E-state index in [4.69, 9.17) is 4.74 Å². The van der Waals surface area contributed by atoms with Crippen molar-refractivity contribution in [2.75, 3.05) is 6.61 Å². The van der Waals surface area contributed by atoms with E-state index in [1.807, 2.05) is 0 Å². The van der Waals surface area contributed by atoms with E-state index in [0.29, 0.717) is 17.9 Å². The number of carbonyl (C=O) groups excluding carboxylic acids is 2. The molecule has 0 aliphatic rings. The molecule has 5 nitrogen and oxygen atoms in total. The normalized spacial score (nSPS) is 10.5. The fourth-order valence-corrected chi connectivity index (χ4v) is 1.88. The van der Waals surface area contributed by atoms with Crippen LogP contribution in [0, 0.1) is 0 Å². The molecule has 0 heterocycles. The summed E-state index contributed by atoms with van der Waals surface area (Å²) in [5.74, 6) is -2.52. The Kier molecular flexibility index (Phi) is 6.56. The Labute approximate surface area is 118 Å². The number of aliphatic carboxylic acids is 2. The highest BCUT2D eigenvalue weighted by atomic mass is 16.5. The third-order valence-corrected chi connectivity index (χ3v) is 2.94. The van der Waals surface area contributed by atoms with E-state index in [1.165, 1.54) is 0 Å². The molecule has 0 radical (unpaired) electrons. The molecule has 110 valence electrons. The molecule has 0 spiro atoms. The minimum atomic E-state index is -1.28. The van der Waals surface area contributed by atoms with E-state index in [0.717, 1.165) is 12.8 Å². The number of hydrogen-bond donors (Lipinski definition) is 0. The molecular weight excluding hydrogens is 260 g/mol. The van der Waals surface area contributed by atoms with Crippen LogP contribution in [-0.2, 0) is 9.59 Å². The summed E-state index contributed by atoms with van der Waals surface area (Å²) in [7, 11) is 0. The van der Waals surface area contributed by atoms with Crippen molar-refractivity contribution in [1.29, 1.82) is 0 Å². The molecule has 0 saturated heterocycles. The van der Waals surface area contributed by atoms with Gasteiger partial charge in [-0.15, -0.1) is 0 Å². The van der Waals surface area contributed by atoms with E-state index in [-0.39, 0.29) is 12.8 Å². The topological polar surface area (TPSA) is 89.5 Å². The monoisotopic (exact) mass is 278 g/mol. The van der Waals surface area contributed by atoms with Gasteiger partial charge in [0.15, 0.2) is 0 Å². The van der Waals surface area contributed by atoms with Crippen LogP contribution >= 0.6 is 0 Å². The average Bonchev–Trinajstić information content (AvgIpc) is 2.38. The van der Waals surface area contributed by atoms with Crippen molar-refractivity contribution < 1.29 is 24.5 Å². The first-order valence-electron chi connectivity index (χ1n) is 6.65. The fraction of sp³-hybridized carbons (Fsp3) is 0.467. The molecule has 1 aromatic carbocycles. The molecule has 0 aromatic heterocycles. The SMILES string of the molecule is CCCCOc1ccc(C(CC(=O)[O-])CC(=O)[O-])cc1. The van der Waals surface area contributed by atoms with Crippen molar-refractivity contribution in [2.45, 2.75) is 38.5 Å². The molecule has 0 fully saturated rings. The molecule has 0 amide bonds. The van der Waals surface area contributed by atoms with Crippen molar-refractivity contribution in [2.24, 2.45) is 0 Å². The second-order valence-electron chi connectivity index (χ2n) is 4.62. The van der Waals surface area contributed by atoms with E-state index in [9.17, 15) is 19.8 Å². The van der Waals surface area contributed by atoms with Gasteiger partial charge >= 0.3 is 0 Å². The van der Waals surface area contributed by atoms with Crippen molar-refractivity contribution in [3.05, 3.63) is 29.8 Å². The second-order valence-corrected chi connectivity index (χ2v) is 4.62. The van der Waals surface area contributed by atoms with Gasteiger partial charge in [-0.05, 0) is 42.9 Å². The van der Waals surface area contributed by atoms with E-state index in [2.05, 4.69) is 6.92 Å². The Morgan fingerprint density at radius 1 is 1.10 bits per heavy atom. The van der Waals surface area contributed by atoms with Gasteiger partial charge < -0.3 is 24.5 Å². The number of carboxylic acids is 2. The van der Waals surface area contributed by atoms with Crippen molar-refractivity contribution >= 4 is 11.9 Å². The number of ether oxygens (including phenoxy) is 1. The summed E-state index contributed by atoms with van der Waals surface area (Å²) in [5, 5.41) is 21.3. The highest BCUT2D eigenvalue weighted by Gasteiger charge is 2.12. The number of carboxylic acid groups (broad SMARTS) is 2. The van der Waals surface area contributed by atoms with E-state index < -0.39 is 17.9 Å². The maximum Gasteiger partial charge on any atom is 0.119 e. The van der Waals surface area contributed by atoms with Gasteiger partial charge in [0, 0.05) is 11.9 Å². The third kappa shape index (κ3) is 5.73. The van der Waals surface area contributed by atoms with Gasteiger partial charge in [0.05, 0.1) is 6.61 Å². The lowest BCUT2D eigenvalue weighted by atomic mass is 9.92. The lowest BCUT2D eigenvalue weighted by Gasteiger charge is -2.19. The minimum Gasteiger partial charge on any atom is -0.550 e. The van der Waals surface area contributed by atoms with Crippen LogP contribution in [0.5, 0.6) is 5.75 Å². The number of carbonyl (C=O) groups is 2. The Balaban J connectivity index is 2.71. The molecular formula is C15H18O5-2. The summed E-state index contributed by atoms with van der Waals surface area (Å²) in [6.45, 7) is 2.69. The Morgan fingerprint density at radius 2 is 1.65 bits per heavy atom. The first kappa shape index (κ1) is 16.0. The molecule has 5 heteroatoms. The summed E-state index contributed by atoms with van der Waals surface area (Å²) in [6.07, 6.45) is 1.31. The van der Waals surface area contributed by atoms with Crippen LogP contribution in [0.1, 0.15) is 44.1 Å². The maximum atomic E-state index is 10.7. The second kappa shape index (κ2) is 8.19. The molecule has 0 unspecified atom stereocenters. The van der Waals surface area contributed by atoms with Gasteiger partial charge in [-0.3, -0.25) is 0 Å². The summed E-state index contributed by atoms with van der Waals surface area (Å²) in [6, 6.07) is 6.78. The standard InChI is InChI=1S/C15H20O5/c1-2-3-8-20-13-6-4-11(5-7-13)12(9-14(16)17)10-15(18)19/h4-7,12H,2-3,8-10H2,1H3,(H,16,17)(H,18,19)/p-2. The molecule has 0 aliphatic carbocycles. The van der Waals surface area contributed by atoms with Crippen molar-refractivity contribution in [3.63, 3.8) is 0 Å². The van der Waals surface area contributed by atoms with Gasteiger partial charge in [0.25, 0.3) is 0 Å². The average molecular weight is 278 g/mol. The van der Waals surface area contributed by atoms with Crippen LogP contribution in [-0.4, -0.2) is 18.5 Å². The zero-order chi connectivity index (χ0) is 15.0. The summed E-state index contributed by atoms with van der Waals surface area (Å²) in [4.78, 5) is 21.3. The molecule has 1 rings (SSSR count). The zero-order valence-corrected chi connectivity index (χ0v) is 11.5.